The van der Waals surface area contributed by atoms with Crippen LogP contribution in [0.25, 0.3) is 11.0 Å². The van der Waals surface area contributed by atoms with E-state index in [1.54, 1.807) is 4.68 Å². The number of hydrogen-bond donors (Lipinski definition) is 1. The normalized spacial score (nSPS) is 18.7. The number of hydrogen-bond acceptors (Lipinski definition) is 5. The molecule has 1 aliphatic rings. The quantitative estimate of drug-likeness (QED) is 0.293. The van der Waals surface area contributed by atoms with Gasteiger partial charge in [-0.1, -0.05) is 54.6 Å². The summed E-state index contributed by atoms with van der Waals surface area (Å²) in [5.74, 6) is -0.249. The molecule has 1 aromatic heterocycles. The van der Waals surface area contributed by atoms with E-state index in [0.717, 1.165) is 59.5 Å². The van der Waals surface area contributed by atoms with Crippen LogP contribution in [0.5, 0.6) is 5.75 Å². The molecule has 0 fully saturated rings. The Kier molecular flexibility index (Phi) is 7.21. The van der Waals surface area contributed by atoms with Crippen LogP contribution in [0.4, 0.5) is 0 Å². The maximum Gasteiger partial charge on any atom is 0.310 e. The molecule has 1 aliphatic heterocycles. The maximum atomic E-state index is 12.7. The second-order valence-corrected chi connectivity index (χ2v) is 12.2. The fraction of sp³-hybridized carbons (Fsp3) is 0.424. The van der Waals surface area contributed by atoms with Crippen LogP contribution in [-0.4, -0.2) is 43.1 Å². The summed E-state index contributed by atoms with van der Waals surface area (Å²) in [6.45, 7) is 14.5. The summed E-state index contributed by atoms with van der Waals surface area (Å²) >= 11 is 0. The predicted molar refractivity (Wildman–Crippen MR) is 158 cm³/mol. The zero-order chi connectivity index (χ0) is 28.8. The number of ether oxygens (including phenoxy) is 1. The van der Waals surface area contributed by atoms with Crippen LogP contribution in [0.1, 0.15) is 73.4 Å². The van der Waals surface area contributed by atoms with Gasteiger partial charge >= 0.3 is 5.97 Å². The van der Waals surface area contributed by atoms with Crippen LogP contribution in [0.15, 0.2) is 54.6 Å². The molecule has 4 aromatic rings. The third-order valence-corrected chi connectivity index (χ3v) is 8.79. The first-order chi connectivity index (χ1) is 18.9. The number of aromatic nitrogens is 3. The van der Waals surface area contributed by atoms with Crippen molar-refractivity contribution >= 4 is 17.0 Å². The molecule has 0 saturated carbocycles. The predicted octanol–water partition coefficient (Wildman–Crippen LogP) is 6.39. The highest BCUT2D eigenvalue weighted by Gasteiger charge is 2.40. The molecular weight excluding hydrogens is 500 g/mol. The fourth-order valence-electron chi connectivity index (χ4n) is 6.05. The lowest BCUT2D eigenvalue weighted by molar-refractivity contribution is -0.147. The minimum Gasteiger partial charge on any atom is -0.486 e. The summed E-state index contributed by atoms with van der Waals surface area (Å²) in [6.07, 6.45) is 0.899. The highest BCUT2D eigenvalue weighted by Crippen LogP contribution is 2.44. The first kappa shape index (κ1) is 27.8. The first-order valence-electron chi connectivity index (χ1n) is 14.0. The van der Waals surface area contributed by atoms with Crippen molar-refractivity contribution in [2.24, 2.45) is 12.5 Å². The number of aryl methyl sites for hydroxylation is 3. The molecule has 0 amide bonds. The van der Waals surface area contributed by atoms with E-state index in [-0.39, 0.29) is 11.5 Å². The maximum absolute atomic E-state index is 12.7. The monoisotopic (exact) mass is 540 g/mol. The van der Waals surface area contributed by atoms with Crippen LogP contribution in [0.2, 0.25) is 0 Å². The van der Waals surface area contributed by atoms with E-state index in [2.05, 4.69) is 72.4 Å². The highest BCUT2D eigenvalue weighted by molar-refractivity contribution is 5.81. The number of aliphatic carboxylic acids is 1. The molecule has 40 heavy (non-hydrogen) atoms. The number of carboxylic acids is 1. The van der Waals surface area contributed by atoms with Gasteiger partial charge in [-0.15, -0.1) is 5.10 Å². The Labute approximate surface area is 236 Å². The van der Waals surface area contributed by atoms with Crippen molar-refractivity contribution in [1.29, 1.82) is 0 Å². The van der Waals surface area contributed by atoms with Gasteiger partial charge in [-0.3, -0.25) is 9.69 Å². The minimum absolute atomic E-state index is 0.296. The Balaban J connectivity index is 1.57. The smallest absolute Gasteiger partial charge is 0.310 e. The summed E-state index contributed by atoms with van der Waals surface area (Å²) in [5, 5.41) is 19.0. The zero-order valence-corrected chi connectivity index (χ0v) is 24.7. The molecule has 1 N–H and O–H groups in total. The number of carboxylic acid groups (broad SMARTS) is 1. The lowest BCUT2D eigenvalue weighted by Crippen LogP contribution is -2.42. The largest absolute Gasteiger partial charge is 0.486 e. The third-order valence-electron chi connectivity index (χ3n) is 8.79. The molecular formula is C33H40N4O3. The fourth-order valence-corrected chi connectivity index (χ4v) is 6.05. The van der Waals surface area contributed by atoms with Gasteiger partial charge in [0.15, 0.2) is 0 Å². The molecule has 3 aromatic carbocycles. The van der Waals surface area contributed by atoms with Gasteiger partial charge < -0.3 is 9.84 Å². The van der Waals surface area contributed by atoms with Gasteiger partial charge in [0.1, 0.15) is 16.9 Å². The van der Waals surface area contributed by atoms with Crippen LogP contribution in [-0.2, 0) is 24.9 Å². The van der Waals surface area contributed by atoms with E-state index in [1.807, 2.05) is 46.0 Å². The highest BCUT2D eigenvalue weighted by atomic mass is 16.5. The zero-order valence-electron chi connectivity index (χ0n) is 24.7. The molecule has 5 rings (SSSR count). The average molecular weight is 541 g/mol. The number of carbonyl (C=O) groups is 1. The van der Waals surface area contributed by atoms with Gasteiger partial charge in [0, 0.05) is 38.2 Å². The molecule has 0 saturated heterocycles. The molecule has 2 heterocycles. The van der Waals surface area contributed by atoms with Crippen molar-refractivity contribution < 1.29 is 14.6 Å². The van der Waals surface area contributed by atoms with Gasteiger partial charge in [-0.2, -0.15) is 0 Å². The lowest BCUT2D eigenvalue weighted by Gasteiger charge is -2.34. The molecule has 1 unspecified atom stereocenters. The number of nitrogens with zero attached hydrogens (tertiary/aromatic N) is 4. The molecule has 0 bridgehead atoms. The standard InChI is InChI=1S/C33H40N4O3/c1-8-33(6)20-37(18-24-11-9-10-12-28(24)40-33)19-25-17-23(14-13-21(25)2)29(32(4,5)31(38)39)26-15-16-27-30(22(26)3)34-35-36(27)7/h9-17,29H,8,18-20H2,1-7H3,(H,38,39)/t29-,33?/m0/s1. The molecule has 2 atom stereocenters. The van der Waals surface area contributed by atoms with E-state index in [0.29, 0.717) is 0 Å². The second kappa shape index (κ2) is 10.4. The first-order valence-corrected chi connectivity index (χ1v) is 14.0. The molecule has 210 valence electrons. The Morgan fingerprint density at radius 2 is 1.90 bits per heavy atom. The van der Waals surface area contributed by atoms with E-state index < -0.39 is 11.4 Å². The number of benzene rings is 3. The summed E-state index contributed by atoms with van der Waals surface area (Å²) < 4.78 is 8.26. The summed E-state index contributed by atoms with van der Waals surface area (Å²) in [5.41, 5.74) is 6.88. The second-order valence-electron chi connectivity index (χ2n) is 12.2. The number of fused-ring (bicyclic) bond motifs is 2. The summed E-state index contributed by atoms with van der Waals surface area (Å²) in [4.78, 5) is 15.1. The third kappa shape index (κ3) is 4.99. The van der Waals surface area contributed by atoms with Crippen LogP contribution < -0.4 is 4.74 Å². The van der Waals surface area contributed by atoms with Gasteiger partial charge in [-0.05, 0) is 81.0 Å². The Morgan fingerprint density at radius 1 is 1.15 bits per heavy atom. The van der Waals surface area contributed by atoms with Crippen LogP contribution >= 0.6 is 0 Å². The van der Waals surface area contributed by atoms with Gasteiger partial charge in [-0.25, -0.2) is 4.68 Å². The van der Waals surface area contributed by atoms with Gasteiger partial charge in [0.25, 0.3) is 0 Å². The SMILES string of the molecule is CCC1(C)CN(Cc2cc([C@@H](c3ccc4c(nnn4C)c3C)C(C)(C)C(=O)O)ccc2C)Cc2ccccc2O1. The minimum atomic E-state index is -1.05. The number of rotatable bonds is 7. The molecule has 0 radical (unpaired) electrons. The lowest BCUT2D eigenvalue weighted by atomic mass is 9.69. The van der Waals surface area contributed by atoms with Crippen molar-refractivity contribution in [2.75, 3.05) is 6.54 Å². The number of para-hydroxylation sites is 1. The van der Waals surface area contributed by atoms with Crippen molar-refractivity contribution in [2.45, 2.75) is 72.6 Å². The van der Waals surface area contributed by atoms with Gasteiger partial charge in [0.2, 0.25) is 0 Å². The van der Waals surface area contributed by atoms with Crippen LogP contribution in [0, 0.1) is 19.3 Å². The Hall–Kier alpha value is -3.71. The molecule has 0 spiro atoms. The topological polar surface area (TPSA) is 80.5 Å². The summed E-state index contributed by atoms with van der Waals surface area (Å²) in [7, 11) is 1.87. The molecule has 7 heteroatoms. The van der Waals surface area contributed by atoms with E-state index in [4.69, 9.17) is 4.74 Å². The molecule has 0 aliphatic carbocycles. The van der Waals surface area contributed by atoms with Crippen molar-refractivity contribution in [1.82, 2.24) is 19.9 Å². The Morgan fingerprint density at radius 3 is 2.62 bits per heavy atom. The van der Waals surface area contributed by atoms with Crippen LogP contribution in [0.3, 0.4) is 0 Å². The molecule has 7 nitrogen and oxygen atoms in total. The van der Waals surface area contributed by atoms with Crippen molar-refractivity contribution in [3.05, 3.63) is 88.0 Å². The summed E-state index contributed by atoms with van der Waals surface area (Å²) in [6, 6.07) is 18.8. The van der Waals surface area contributed by atoms with E-state index >= 15 is 0 Å². The van der Waals surface area contributed by atoms with Crippen molar-refractivity contribution in [3.63, 3.8) is 0 Å². The van der Waals surface area contributed by atoms with Crippen molar-refractivity contribution in [3.8, 4) is 5.75 Å². The average Bonchev–Trinajstić information content (AvgIpc) is 3.22. The Bertz CT molecular complexity index is 1570. The van der Waals surface area contributed by atoms with Gasteiger partial charge in [0.05, 0.1) is 10.9 Å². The van der Waals surface area contributed by atoms with E-state index in [9.17, 15) is 9.90 Å². The van der Waals surface area contributed by atoms with E-state index in [1.165, 1.54) is 16.7 Å².